The minimum absolute atomic E-state index is 0.0505. The quantitative estimate of drug-likeness (QED) is 0.782. The molecule has 0 spiro atoms. The highest BCUT2D eigenvalue weighted by Gasteiger charge is 2.13. The van der Waals surface area contributed by atoms with Gasteiger partial charge in [0.2, 0.25) is 5.88 Å². The van der Waals surface area contributed by atoms with Crippen LogP contribution in [0.1, 0.15) is 47.1 Å². The largest absolute Gasteiger partial charge is 0.475 e. The van der Waals surface area contributed by atoms with Gasteiger partial charge in [-0.1, -0.05) is 0 Å². The molecule has 1 aromatic rings. The summed E-state index contributed by atoms with van der Waals surface area (Å²) in [7, 11) is 0. The molecule has 0 saturated heterocycles. The van der Waals surface area contributed by atoms with E-state index in [1.807, 2.05) is 26.8 Å². The summed E-state index contributed by atoms with van der Waals surface area (Å²) in [5.41, 5.74) is 0.942. The Balaban J connectivity index is 2.60. The van der Waals surface area contributed by atoms with Crippen LogP contribution >= 0.6 is 15.9 Å². The number of halogens is 1. The maximum Gasteiger partial charge on any atom is 0.217 e. The molecule has 1 N–H and O–H groups in total. The summed E-state index contributed by atoms with van der Waals surface area (Å²) < 4.78 is 12.4. The van der Waals surface area contributed by atoms with Crippen LogP contribution in [0.3, 0.4) is 0 Å². The molecule has 21 heavy (non-hydrogen) atoms. The van der Waals surface area contributed by atoms with E-state index >= 15 is 0 Å². The zero-order valence-corrected chi connectivity index (χ0v) is 15.5. The van der Waals surface area contributed by atoms with E-state index < -0.39 is 0 Å². The lowest BCUT2D eigenvalue weighted by Crippen LogP contribution is -2.35. The fourth-order valence-electron chi connectivity index (χ4n) is 1.57. The van der Waals surface area contributed by atoms with Crippen LogP contribution in [-0.4, -0.2) is 29.3 Å². The number of hydrogen-bond acceptors (Lipinski definition) is 4. The number of pyridine rings is 1. The third kappa shape index (κ3) is 8.39. The van der Waals surface area contributed by atoms with Crippen LogP contribution in [0, 0.1) is 0 Å². The predicted molar refractivity (Wildman–Crippen MR) is 89.7 cm³/mol. The molecule has 0 saturated carbocycles. The standard InChI is InChI=1S/C16H27BrN2O2/c1-15(2,3)19-10-12-9-13(17)11-18-14(12)20-7-8-21-16(4,5)6/h9,11,19H,7-8,10H2,1-6H3. The van der Waals surface area contributed by atoms with Crippen LogP contribution in [0.4, 0.5) is 0 Å². The van der Waals surface area contributed by atoms with Crippen LogP contribution in [0.2, 0.25) is 0 Å². The summed E-state index contributed by atoms with van der Waals surface area (Å²) in [6.45, 7) is 14.3. The van der Waals surface area contributed by atoms with Gasteiger partial charge in [0.25, 0.3) is 0 Å². The highest BCUT2D eigenvalue weighted by Crippen LogP contribution is 2.21. The fraction of sp³-hybridized carbons (Fsp3) is 0.688. The van der Waals surface area contributed by atoms with Gasteiger partial charge in [0.15, 0.2) is 0 Å². The summed E-state index contributed by atoms with van der Waals surface area (Å²) in [5.74, 6) is 0.660. The third-order valence-corrected chi connectivity index (χ3v) is 2.99. The van der Waals surface area contributed by atoms with Crippen LogP contribution in [0.25, 0.3) is 0 Å². The second-order valence-electron chi connectivity index (χ2n) is 7.03. The van der Waals surface area contributed by atoms with Gasteiger partial charge in [-0.15, -0.1) is 0 Å². The highest BCUT2D eigenvalue weighted by atomic mass is 79.9. The summed E-state index contributed by atoms with van der Waals surface area (Å²) >= 11 is 3.45. The molecule has 0 amide bonds. The lowest BCUT2D eigenvalue weighted by atomic mass is 10.1. The Bertz CT molecular complexity index is 451. The van der Waals surface area contributed by atoms with E-state index in [9.17, 15) is 0 Å². The average molecular weight is 359 g/mol. The first-order chi connectivity index (χ1) is 9.57. The van der Waals surface area contributed by atoms with E-state index in [0.717, 1.165) is 10.0 Å². The number of rotatable bonds is 6. The van der Waals surface area contributed by atoms with E-state index in [2.05, 4.69) is 47.0 Å². The monoisotopic (exact) mass is 358 g/mol. The topological polar surface area (TPSA) is 43.4 Å². The zero-order chi connectivity index (χ0) is 16.1. The normalized spacial score (nSPS) is 12.5. The highest BCUT2D eigenvalue weighted by molar-refractivity contribution is 9.10. The van der Waals surface area contributed by atoms with Crippen molar-refractivity contribution in [2.75, 3.05) is 13.2 Å². The molecule has 5 heteroatoms. The lowest BCUT2D eigenvalue weighted by molar-refractivity contribution is -0.0169. The molecule has 0 atom stereocenters. The second-order valence-corrected chi connectivity index (χ2v) is 7.95. The zero-order valence-electron chi connectivity index (χ0n) is 13.9. The van der Waals surface area contributed by atoms with Crippen molar-refractivity contribution < 1.29 is 9.47 Å². The van der Waals surface area contributed by atoms with Gasteiger partial charge < -0.3 is 14.8 Å². The molecular weight excluding hydrogens is 332 g/mol. The van der Waals surface area contributed by atoms with Crippen molar-refractivity contribution in [2.24, 2.45) is 0 Å². The maximum absolute atomic E-state index is 5.76. The molecule has 120 valence electrons. The molecule has 0 unspecified atom stereocenters. The number of nitrogens with zero attached hydrogens (tertiary/aromatic N) is 1. The molecule has 1 rings (SSSR count). The van der Waals surface area contributed by atoms with Crippen molar-refractivity contribution in [3.05, 3.63) is 22.3 Å². The fourth-order valence-corrected chi connectivity index (χ4v) is 1.95. The Hall–Kier alpha value is -0.650. The molecule has 0 bridgehead atoms. The van der Waals surface area contributed by atoms with Gasteiger partial charge in [-0.05, 0) is 63.5 Å². The maximum atomic E-state index is 5.76. The Kier molecular flexibility index (Phi) is 6.63. The van der Waals surface area contributed by atoms with Crippen molar-refractivity contribution in [1.29, 1.82) is 0 Å². The molecule has 4 nitrogen and oxygen atoms in total. The van der Waals surface area contributed by atoms with Gasteiger partial charge in [0.1, 0.15) is 6.61 Å². The number of hydrogen-bond donors (Lipinski definition) is 1. The predicted octanol–water partition coefficient (Wildman–Crippen LogP) is 3.93. The van der Waals surface area contributed by atoms with Crippen LogP contribution < -0.4 is 10.1 Å². The third-order valence-electron chi connectivity index (χ3n) is 2.56. The summed E-state index contributed by atoms with van der Waals surface area (Å²) in [5, 5.41) is 3.45. The second kappa shape index (κ2) is 7.56. The molecule has 1 aromatic heterocycles. The van der Waals surface area contributed by atoms with E-state index in [-0.39, 0.29) is 11.1 Å². The van der Waals surface area contributed by atoms with Gasteiger partial charge in [-0.3, -0.25) is 0 Å². The van der Waals surface area contributed by atoms with Gasteiger partial charge >= 0.3 is 0 Å². The Labute approximate surface area is 136 Å². The molecule has 0 aliphatic carbocycles. The Morgan fingerprint density at radius 1 is 1.14 bits per heavy atom. The molecule has 0 aromatic carbocycles. The average Bonchev–Trinajstić information content (AvgIpc) is 2.31. The van der Waals surface area contributed by atoms with Crippen LogP contribution in [-0.2, 0) is 11.3 Å². The van der Waals surface area contributed by atoms with E-state index in [4.69, 9.17) is 9.47 Å². The van der Waals surface area contributed by atoms with Crippen LogP contribution in [0.5, 0.6) is 5.88 Å². The number of ether oxygens (including phenoxy) is 2. The summed E-state index contributed by atoms with van der Waals surface area (Å²) in [6.07, 6.45) is 1.75. The van der Waals surface area contributed by atoms with Crippen molar-refractivity contribution >= 4 is 15.9 Å². The molecule has 1 heterocycles. The lowest BCUT2D eigenvalue weighted by Gasteiger charge is -2.22. The first-order valence-electron chi connectivity index (χ1n) is 7.23. The number of nitrogens with one attached hydrogen (secondary N) is 1. The molecule has 0 aliphatic rings. The Morgan fingerprint density at radius 2 is 1.81 bits per heavy atom. The van der Waals surface area contributed by atoms with Crippen molar-refractivity contribution in [2.45, 2.75) is 59.2 Å². The van der Waals surface area contributed by atoms with Gasteiger partial charge in [0.05, 0.1) is 12.2 Å². The molecule has 0 radical (unpaired) electrons. The van der Waals surface area contributed by atoms with Crippen molar-refractivity contribution in [3.63, 3.8) is 0 Å². The first-order valence-corrected chi connectivity index (χ1v) is 8.02. The SMILES string of the molecule is CC(C)(C)NCc1cc(Br)cnc1OCCOC(C)(C)C. The Morgan fingerprint density at radius 3 is 2.38 bits per heavy atom. The smallest absolute Gasteiger partial charge is 0.217 e. The van der Waals surface area contributed by atoms with Gasteiger partial charge in [0, 0.05) is 28.3 Å². The van der Waals surface area contributed by atoms with Gasteiger partial charge in [-0.2, -0.15) is 0 Å². The van der Waals surface area contributed by atoms with Crippen molar-refractivity contribution in [3.8, 4) is 5.88 Å². The summed E-state index contributed by atoms with van der Waals surface area (Å²) in [6, 6.07) is 2.03. The van der Waals surface area contributed by atoms with E-state index in [1.165, 1.54) is 0 Å². The first kappa shape index (κ1) is 18.4. The van der Waals surface area contributed by atoms with Gasteiger partial charge in [-0.25, -0.2) is 4.98 Å². The number of aromatic nitrogens is 1. The van der Waals surface area contributed by atoms with Crippen LogP contribution in [0.15, 0.2) is 16.7 Å². The molecular formula is C16H27BrN2O2. The molecule has 0 aliphatic heterocycles. The summed E-state index contributed by atoms with van der Waals surface area (Å²) in [4.78, 5) is 4.35. The minimum Gasteiger partial charge on any atom is -0.475 e. The minimum atomic E-state index is -0.146. The molecule has 0 fully saturated rings. The van der Waals surface area contributed by atoms with Crippen molar-refractivity contribution in [1.82, 2.24) is 10.3 Å². The van der Waals surface area contributed by atoms with E-state index in [0.29, 0.717) is 25.6 Å². The van der Waals surface area contributed by atoms with E-state index in [1.54, 1.807) is 6.20 Å².